The molecule has 2 aromatic rings. The lowest BCUT2D eigenvalue weighted by Crippen LogP contribution is -2.42. The molecule has 0 spiro atoms. The smallest absolute Gasteiger partial charge is 0.233 e. The summed E-state index contributed by atoms with van der Waals surface area (Å²) in [5.74, 6) is 3.03. The molecular formula is C26H34N4O2. The van der Waals surface area contributed by atoms with Crippen LogP contribution in [-0.2, 0) is 17.8 Å². The summed E-state index contributed by atoms with van der Waals surface area (Å²) in [5.41, 5.74) is 2.99. The second-order valence-corrected chi connectivity index (χ2v) is 9.58. The normalized spacial score (nSPS) is 20.6. The Kier molecular flexibility index (Phi) is 6.13. The number of rotatable bonds is 5. The van der Waals surface area contributed by atoms with Gasteiger partial charge in [0.25, 0.3) is 0 Å². The van der Waals surface area contributed by atoms with Gasteiger partial charge in [0.1, 0.15) is 17.4 Å². The van der Waals surface area contributed by atoms with E-state index >= 15 is 0 Å². The van der Waals surface area contributed by atoms with Crippen molar-refractivity contribution in [2.24, 2.45) is 0 Å². The molecule has 2 fully saturated rings. The number of aromatic nitrogens is 2. The number of carbonyl (C=O) groups is 1. The molecule has 1 aromatic heterocycles. The van der Waals surface area contributed by atoms with E-state index in [0.29, 0.717) is 18.9 Å². The number of piperidine rings is 1. The Hall–Kier alpha value is -2.47. The third-order valence-electron chi connectivity index (χ3n) is 7.55. The Bertz CT molecular complexity index is 978. The molecule has 0 N–H and O–H groups in total. The first-order valence-corrected chi connectivity index (χ1v) is 12.2. The molecule has 1 saturated carbocycles. The topological polar surface area (TPSA) is 58.6 Å². The molecule has 6 nitrogen and oxygen atoms in total. The lowest BCUT2D eigenvalue weighted by atomic mass is 9.90. The van der Waals surface area contributed by atoms with Gasteiger partial charge in [0.05, 0.1) is 20.1 Å². The van der Waals surface area contributed by atoms with Crippen LogP contribution in [-0.4, -0.2) is 47.0 Å². The minimum atomic E-state index is 0.101. The van der Waals surface area contributed by atoms with Crippen molar-refractivity contribution in [3.05, 3.63) is 46.9 Å². The van der Waals surface area contributed by atoms with Crippen molar-refractivity contribution in [2.75, 3.05) is 25.1 Å². The number of ether oxygens (including phenoxy) is 1. The molecule has 0 atom stereocenters. The van der Waals surface area contributed by atoms with Crippen molar-refractivity contribution in [3.8, 4) is 5.75 Å². The summed E-state index contributed by atoms with van der Waals surface area (Å²) in [5, 5.41) is 0. The van der Waals surface area contributed by atoms with Crippen LogP contribution in [0, 0.1) is 6.92 Å². The van der Waals surface area contributed by atoms with Gasteiger partial charge in [0.15, 0.2) is 0 Å². The van der Waals surface area contributed by atoms with Crippen molar-refractivity contribution >= 4 is 11.7 Å². The second-order valence-electron chi connectivity index (χ2n) is 9.58. The maximum atomic E-state index is 12.9. The zero-order valence-corrected chi connectivity index (χ0v) is 19.3. The van der Waals surface area contributed by atoms with Crippen molar-refractivity contribution in [3.63, 3.8) is 0 Å². The molecule has 1 aromatic carbocycles. The molecule has 5 rings (SSSR count). The standard InChI is InChI=1S/C26H34N4O2/c1-18-23-16-24(31)30(17-19-7-6-10-22(15-19)32-2)26(23)28-25(27-18)20-11-13-29(14-12-20)21-8-4-3-5-9-21/h6-7,10,15,20-21H,3-5,8-9,11-14,16-17H2,1-2H3. The zero-order valence-electron chi connectivity index (χ0n) is 19.3. The minimum absolute atomic E-state index is 0.101. The average molecular weight is 435 g/mol. The first-order chi connectivity index (χ1) is 15.6. The van der Waals surface area contributed by atoms with Gasteiger partial charge in [-0.1, -0.05) is 31.4 Å². The highest BCUT2D eigenvalue weighted by molar-refractivity contribution is 6.00. The average Bonchev–Trinajstić information content (AvgIpc) is 3.15. The largest absolute Gasteiger partial charge is 0.497 e. The van der Waals surface area contributed by atoms with E-state index in [1.165, 1.54) is 32.1 Å². The van der Waals surface area contributed by atoms with Crippen LogP contribution in [0.4, 0.5) is 5.82 Å². The number of amides is 1. The summed E-state index contributed by atoms with van der Waals surface area (Å²) in [6.45, 7) is 4.82. The number of nitrogens with zero attached hydrogens (tertiary/aromatic N) is 4. The summed E-state index contributed by atoms with van der Waals surface area (Å²) < 4.78 is 5.35. The van der Waals surface area contributed by atoms with E-state index in [4.69, 9.17) is 14.7 Å². The number of fused-ring (bicyclic) bond motifs is 1. The van der Waals surface area contributed by atoms with Crippen LogP contribution in [0.15, 0.2) is 24.3 Å². The lowest BCUT2D eigenvalue weighted by Gasteiger charge is -2.39. The van der Waals surface area contributed by atoms with Crippen LogP contribution in [0.2, 0.25) is 0 Å². The SMILES string of the molecule is COc1cccc(CN2C(=O)Cc3c(C)nc(C4CCN(C5CCCCC5)CC4)nc32)c1. The van der Waals surface area contributed by atoms with E-state index in [1.54, 1.807) is 7.11 Å². The van der Waals surface area contributed by atoms with Gasteiger partial charge in [-0.25, -0.2) is 9.97 Å². The molecule has 170 valence electrons. The fourth-order valence-corrected chi connectivity index (χ4v) is 5.67. The molecule has 2 aliphatic heterocycles. The van der Waals surface area contributed by atoms with Crippen LogP contribution in [0.1, 0.15) is 73.5 Å². The summed E-state index contributed by atoms with van der Waals surface area (Å²) in [6, 6.07) is 8.69. The maximum Gasteiger partial charge on any atom is 0.233 e. The molecule has 1 amide bonds. The van der Waals surface area contributed by atoms with Gasteiger partial charge in [-0.05, 0) is 63.4 Å². The first-order valence-electron chi connectivity index (χ1n) is 12.2. The Labute approximate surface area is 191 Å². The third-order valence-corrected chi connectivity index (χ3v) is 7.55. The first kappa shape index (κ1) is 21.4. The van der Waals surface area contributed by atoms with Gasteiger partial charge in [-0.3, -0.25) is 9.69 Å². The number of hydrogen-bond donors (Lipinski definition) is 0. The van der Waals surface area contributed by atoms with Gasteiger partial charge in [0, 0.05) is 23.2 Å². The van der Waals surface area contributed by atoms with Gasteiger partial charge in [-0.2, -0.15) is 0 Å². The summed E-state index contributed by atoms with van der Waals surface area (Å²) in [7, 11) is 1.66. The van der Waals surface area contributed by atoms with Crippen molar-refractivity contribution in [1.82, 2.24) is 14.9 Å². The number of carbonyl (C=O) groups excluding carboxylic acids is 1. The Balaban J connectivity index is 1.33. The van der Waals surface area contributed by atoms with Crippen molar-refractivity contribution in [2.45, 2.75) is 76.8 Å². The molecular weight excluding hydrogens is 400 g/mol. The molecule has 6 heteroatoms. The highest BCUT2D eigenvalue weighted by Gasteiger charge is 2.34. The molecule has 0 unspecified atom stereocenters. The number of hydrogen-bond acceptors (Lipinski definition) is 5. The predicted molar refractivity (Wildman–Crippen MR) is 125 cm³/mol. The summed E-state index contributed by atoms with van der Waals surface area (Å²) in [4.78, 5) is 27.3. The predicted octanol–water partition coefficient (Wildman–Crippen LogP) is 4.40. The van der Waals surface area contributed by atoms with E-state index < -0.39 is 0 Å². The third kappa shape index (κ3) is 4.25. The highest BCUT2D eigenvalue weighted by Crippen LogP contribution is 2.35. The van der Waals surface area contributed by atoms with E-state index in [2.05, 4.69) is 4.90 Å². The molecule has 32 heavy (non-hydrogen) atoms. The quantitative estimate of drug-likeness (QED) is 0.698. The van der Waals surface area contributed by atoms with E-state index in [0.717, 1.165) is 66.2 Å². The Morgan fingerprint density at radius 1 is 1.06 bits per heavy atom. The lowest BCUT2D eigenvalue weighted by molar-refractivity contribution is -0.117. The molecule has 0 radical (unpaired) electrons. The monoisotopic (exact) mass is 434 g/mol. The summed E-state index contributed by atoms with van der Waals surface area (Å²) in [6.07, 6.45) is 9.51. The van der Waals surface area contributed by atoms with Gasteiger partial charge >= 0.3 is 0 Å². The molecule has 3 heterocycles. The van der Waals surface area contributed by atoms with E-state index in [1.807, 2.05) is 36.1 Å². The molecule has 1 aliphatic carbocycles. The van der Waals surface area contributed by atoms with Crippen LogP contribution in [0.5, 0.6) is 5.75 Å². The van der Waals surface area contributed by atoms with Gasteiger partial charge in [0.2, 0.25) is 5.91 Å². The number of benzene rings is 1. The second kappa shape index (κ2) is 9.18. The number of likely N-dealkylation sites (tertiary alicyclic amines) is 1. The zero-order chi connectivity index (χ0) is 22.1. The highest BCUT2D eigenvalue weighted by atomic mass is 16.5. The van der Waals surface area contributed by atoms with Crippen LogP contribution in [0.3, 0.4) is 0 Å². The number of anilines is 1. The van der Waals surface area contributed by atoms with Crippen molar-refractivity contribution < 1.29 is 9.53 Å². The van der Waals surface area contributed by atoms with E-state index in [9.17, 15) is 4.79 Å². The maximum absolute atomic E-state index is 12.9. The summed E-state index contributed by atoms with van der Waals surface area (Å²) >= 11 is 0. The molecule has 3 aliphatic rings. The van der Waals surface area contributed by atoms with Gasteiger partial charge in [-0.15, -0.1) is 0 Å². The fourth-order valence-electron chi connectivity index (χ4n) is 5.67. The minimum Gasteiger partial charge on any atom is -0.497 e. The molecule has 1 saturated heterocycles. The molecule has 0 bridgehead atoms. The van der Waals surface area contributed by atoms with Crippen LogP contribution < -0.4 is 9.64 Å². The van der Waals surface area contributed by atoms with Crippen molar-refractivity contribution in [1.29, 1.82) is 0 Å². The Morgan fingerprint density at radius 3 is 2.59 bits per heavy atom. The Morgan fingerprint density at radius 2 is 1.84 bits per heavy atom. The fraction of sp³-hybridized carbons (Fsp3) is 0.577. The van der Waals surface area contributed by atoms with Crippen LogP contribution in [0.25, 0.3) is 0 Å². The van der Waals surface area contributed by atoms with Gasteiger partial charge < -0.3 is 9.64 Å². The number of aryl methyl sites for hydroxylation is 1. The van der Waals surface area contributed by atoms with Crippen LogP contribution >= 0.6 is 0 Å². The number of methoxy groups -OCH3 is 1. The van der Waals surface area contributed by atoms with E-state index in [-0.39, 0.29) is 5.91 Å².